The summed E-state index contributed by atoms with van der Waals surface area (Å²) in [6, 6.07) is 10.5. The third kappa shape index (κ3) is 3.62. The van der Waals surface area contributed by atoms with Gasteiger partial charge in [-0.15, -0.1) is 11.3 Å². The van der Waals surface area contributed by atoms with Crippen LogP contribution in [0.3, 0.4) is 0 Å². The highest BCUT2D eigenvalue weighted by Gasteiger charge is 2.21. The Morgan fingerprint density at radius 2 is 2.11 bits per heavy atom. The number of anilines is 1. The van der Waals surface area contributed by atoms with Gasteiger partial charge in [0.25, 0.3) is 5.91 Å². The van der Waals surface area contributed by atoms with Gasteiger partial charge in [0.05, 0.1) is 10.6 Å². The molecule has 2 aromatic heterocycles. The van der Waals surface area contributed by atoms with Crippen LogP contribution in [0.2, 0.25) is 0 Å². The van der Waals surface area contributed by atoms with Crippen molar-refractivity contribution >= 4 is 32.9 Å². The first kappa shape index (κ1) is 18.9. The summed E-state index contributed by atoms with van der Waals surface area (Å²) in [4.78, 5) is 14.1. The van der Waals surface area contributed by atoms with E-state index >= 15 is 0 Å². The quantitative estimate of drug-likeness (QED) is 0.683. The lowest BCUT2D eigenvalue weighted by Crippen LogP contribution is -2.15. The lowest BCUT2D eigenvalue weighted by Gasteiger charge is -2.11. The summed E-state index contributed by atoms with van der Waals surface area (Å²) in [5.41, 5.74) is 2.16. The first-order valence-electron chi connectivity index (χ1n) is 9.26. The van der Waals surface area contributed by atoms with E-state index in [0.29, 0.717) is 16.9 Å². The molecular weight excluding hydrogens is 394 g/mol. The van der Waals surface area contributed by atoms with E-state index < -0.39 is 9.84 Å². The van der Waals surface area contributed by atoms with E-state index in [2.05, 4.69) is 10.4 Å². The van der Waals surface area contributed by atoms with E-state index in [1.165, 1.54) is 17.4 Å². The summed E-state index contributed by atoms with van der Waals surface area (Å²) >= 11 is 1.51. The van der Waals surface area contributed by atoms with Gasteiger partial charge in [-0.25, -0.2) is 8.42 Å². The Labute approximate surface area is 168 Å². The highest BCUT2D eigenvalue weighted by Crippen LogP contribution is 2.31. The van der Waals surface area contributed by atoms with Crippen LogP contribution in [0.4, 0.5) is 5.82 Å². The van der Waals surface area contributed by atoms with Crippen molar-refractivity contribution < 1.29 is 13.2 Å². The Hall–Kier alpha value is -2.45. The molecule has 0 fully saturated rings. The van der Waals surface area contributed by atoms with E-state index in [1.54, 1.807) is 19.1 Å². The molecule has 1 aliphatic rings. The Bertz CT molecular complexity index is 1090. The maximum Gasteiger partial charge on any atom is 0.257 e. The van der Waals surface area contributed by atoms with Crippen molar-refractivity contribution in [1.82, 2.24) is 9.78 Å². The SMILES string of the molecule is CCS(=O)(=O)c1ccc(-c2cccs2)c(C(=O)Nc2cc3n(n2)CCCC3)c1. The van der Waals surface area contributed by atoms with Crippen LogP contribution in [0.1, 0.15) is 35.8 Å². The van der Waals surface area contributed by atoms with Crippen molar-refractivity contribution in [3.05, 3.63) is 53.0 Å². The number of hydrogen-bond acceptors (Lipinski definition) is 5. The number of amides is 1. The molecule has 8 heteroatoms. The number of benzene rings is 1. The maximum absolute atomic E-state index is 13.1. The number of thiophene rings is 1. The van der Waals surface area contributed by atoms with Crippen LogP contribution in [0.25, 0.3) is 10.4 Å². The number of nitrogens with one attached hydrogen (secondary N) is 1. The molecule has 0 radical (unpaired) electrons. The zero-order valence-electron chi connectivity index (χ0n) is 15.5. The molecule has 1 N–H and O–H groups in total. The number of fused-ring (bicyclic) bond motifs is 1. The van der Waals surface area contributed by atoms with Crippen LogP contribution in [0.5, 0.6) is 0 Å². The van der Waals surface area contributed by atoms with Crippen molar-refractivity contribution in [2.45, 2.75) is 37.6 Å². The summed E-state index contributed by atoms with van der Waals surface area (Å²) in [7, 11) is -3.41. The molecule has 0 spiro atoms. The fraction of sp³-hybridized carbons (Fsp3) is 0.300. The van der Waals surface area contributed by atoms with E-state index in [4.69, 9.17) is 0 Å². The molecular formula is C20H21N3O3S2. The van der Waals surface area contributed by atoms with Gasteiger partial charge in [0.1, 0.15) is 0 Å². The Balaban J connectivity index is 1.72. The van der Waals surface area contributed by atoms with E-state index in [1.807, 2.05) is 28.3 Å². The van der Waals surface area contributed by atoms with Crippen LogP contribution in [-0.4, -0.2) is 29.9 Å². The molecule has 0 saturated carbocycles. The largest absolute Gasteiger partial charge is 0.305 e. The Morgan fingerprint density at radius 3 is 2.82 bits per heavy atom. The number of sulfone groups is 1. The lowest BCUT2D eigenvalue weighted by atomic mass is 10.1. The minimum atomic E-state index is -3.41. The van der Waals surface area contributed by atoms with Gasteiger partial charge in [-0.05, 0) is 42.8 Å². The van der Waals surface area contributed by atoms with Gasteiger partial charge < -0.3 is 5.32 Å². The van der Waals surface area contributed by atoms with Gasteiger partial charge in [-0.3, -0.25) is 9.48 Å². The van der Waals surface area contributed by atoms with Gasteiger partial charge in [0, 0.05) is 34.3 Å². The number of carbonyl (C=O) groups excluding carboxylic acids is 1. The molecule has 0 unspecified atom stereocenters. The van der Waals surface area contributed by atoms with Gasteiger partial charge in [0.2, 0.25) is 0 Å². The Morgan fingerprint density at radius 1 is 1.25 bits per heavy atom. The molecule has 0 aliphatic carbocycles. The van der Waals surface area contributed by atoms with Crippen LogP contribution in [-0.2, 0) is 22.8 Å². The standard InChI is InChI=1S/C20H21N3O3S2/c1-2-28(25,26)15-8-9-16(18-7-5-11-27-18)17(13-15)20(24)21-19-12-14-6-3-4-10-23(14)22-19/h5,7-9,11-13H,2-4,6,10H2,1H3,(H,21,22,24). The number of aryl methyl sites for hydroxylation is 2. The highest BCUT2D eigenvalue weighted by atomic mass is 32.2. The van der Waals surface area contributed by atoms with Crippen molar-refractivity contribution in [2.24, 2.45) is 0 Å². The number of carbonyl (C=O) groups is 1. The summed E-state index contributed by atoms with van der Waals surface area (Å²) in [5.74, 6) is 0.134. The van der Waals surface area contributed by atoms with Crippen LogP contribution >= 0.6 is 11.3 Å². The molecule has 3 heterocycles. The topological polar surface area (TPSA) is 81.1 Å². The zero-order valence-corrected chi connectivity index (χ0v) is 17.1. The summed E-state index contributed by atoms with van der Waals surface area (Å²) < 4.78 is 26.6. The normalized spacial score (nSPS) is 13.9. The first-order valence-corrected chi connectivity index (χ1v) is 11.8. The summed E-state index contributed by atoms with van der Waals surface area (Å²) in [5, 5.41) is 9.25. The third-order valence-corrected chi connectivity index (χ3v) is 7.55. The van der Waals surface area contributed by atoms with Crippen LogP contribution in [0.15, 0.2) is 46.7 Å². The average molecular weight is 416 g/mol. The molecule has 0 saturated heterocycles. The molecule has 3 aromatic rings. The monoisotopic (exact) mass is 415 g/mol. The molecule has 1 aromatic carbocycles. The minimum Gasteiger partial charge on any atom is -0.305 e. The van der Waals surface area contributed by atoms with Gasteiger partial charge in [-0.2, -0.15) is 5.10 Å². The molecule has 28 heavy (non-hydrogen) atoms. The van der Waals surface area contributed by atoms with E-state index in [9.17, 15) is 13.2 Å². The first-order chi connectivity index (χ1) is 13.5. The zero-order chi connectivity index (χ0) is 19.7. The predicted octanol–water partition coefficient (Wildman–Crippen LogP) is 3.99. The molecule has 1 amide bonds. The smallest absolute Gasteiger partial charge is 0.257 e. The van der Waals surface area contributed by atoms with E-state index in [-0.39, 0.29) is 16.6 Å². The number of hydrogen-bond donors (Lipinski definition) is 1. The van der Waals surface area contributed by atoms with Gasteiger partial charge in [-0.1, -0.05) is 19.1 Å². The average Bonchev–Trinajstić information content (AvgIpc) is 3.36. The molecule has 4 rings (SSSR count). The second-order valence-corrected chi connectivity index (χ2v) is 9.97. The predicted molar refractivity (Wildman–Crippen MR) is 111 cm³/mol. The molecule has 0 bridgehead atoms. The van der Waals surface area contributed by atoms with Crippen molar-refractivity contribution in [3.8, 4) is 10.4 Å². The second-order valence-electron chi connectivity index (χ2n) is 6.74. The Kier molecular flexibility index (Phi) is 5.07. The van der Waals surface area contributed by atoms with Gasteiger partial charge in [0.15, 0.2) is 15.7 Å². The third-order valence-electron chi connectivity index (χ3n) is 4.92. The lowest BCUT2D eigenvalue weighted by molar-refractivity contribution is 0.102. The van der Waals surface area contributed by atoms with E-state index in [0.717, 1.165) is 36.4 Å². The van der Waals surface area contributed by atoms with Crippen LogP contribution < -0.4 is 5.32 Å². The van der Waals surface area contributed by atoms with Crippen molar-refractivity contribution in [1.29, 1.82) is 0 Å². The van der Waals surface area contributed by atoms with Crippen molar-refractivity contribution in [2.75, 3.05) is 11.1 Å². The maximum atomic E-state index is 13.1. The van der Waals surface area contributed by atoms with Crippen LogP contribution in [0, 0.1) is 0 Å². The molecule has 6 nitrogen and oxygen atoms in total. The number of aromatic nitrogens is 2. The second kappa shape index (κ2) is 7.52. The highest BCUT2D eigenvalue weighted by molar-refractivity contribution is 7.91. The molecule has 1 aliphatic heterocycles. The van der Waals surface area contributed by atoms with Crippen molar-refractivity contribution in [3.63, 3.8) is 0 Å². The minimum absolute atomic E-state index is 0.0137. The fourth-order valence-electron chi connectivity index (χ4n) is 3.38. The number of rotatable bonds is 5. The molecule has 0 atom stereocenters. The summed E-state index contributed by atoms with van der Waals surface area (Å²) in [6.45, 7) is 2.45. The molecule has 146 valence electrons. The summed E-state index contributed by atoms with van der Waals surface area (Å²) in [6.07, 6.45) is 3.16. The number of nitrogens with zero attached hydrogens (tertiary/aromatic N) is 2. The fourth-order valence-corrected chi connectivity index (χ4v) is 5.05. The van der Waals surface area contributed by atoms with Gasteiger partial charge >= 0.3 is 0 Å².